The van der Waals surface area contributed by atoms with Gasteiger partial charge in [-0.25, -0.2) is 9.97 Å². The fraction of sp³-hybridized carbons (Fsp3) is 0.316. The maximum atomic E-state index is 12.5. The van der Waals surface area contributed by atoms with E-state index < -0.39 is 0 Å². The number of fused-ring (bicyclic) bond motifs is 1. The first-order valence-corrected chi connectivity index (χ1v) is 8.69. The molecule has 0 saturated heterocycles. The van der Waals surface area contributed by atoms with Gasteiger partial charge in [0.2, 0.25) is 0 Å². The van der Waals surface area contributed by atoms with Crippen molar-refractivity contribution >= 4 is 5.91 Å². The van der Waals surface area contributed by atoms with Gasteiger partial charge in [-0.15, -0.1) is 0 Å². The van der Waals surface area contributed by atoms with Crippen LogP contribution >= 0.6 is 0 Å². The molecule has 132 valence electrons. The third kappa shape index (κ3) is 3.08. The minimum absolute atomic E-state index is 0.0866. The number of amides is 1. The smallest absolute Gasteiger partial charge is 0.272 e. The van der Waals surface area contributed by atoms with Gasteiger partial charge in [-0.1, -0.05) is 0 Å². The fourth-order valence-electron chi connectivity index (χ4n) is 3.23. The number of carbonyl (C=O) groups excluding carboxylic acids is 1. The second-order valence-corrected chi connectivity index (χ2v) is 6.55. The summed E-state index contributed by atoms with van der Waals surface area (Å²) in [5.74, 6) is 0.507. The van der Waals surface area contributed by atoms with Gasteiger partial charge in [-0.3, -0.25) is 14.5 Å². The SMILES string of the molecule is Cc1cc(C(=O)NC2CCCc3nc(-c4cccnc4)ncc32)nn1C. The van der Waals surface area contributed by atoms with Crippen molar-refractivity contribution in [3.8, 4) is 11.4 Å². The Kier molecular flexibility index (Phi) is 4.20. The van der Waals surface area contributed by atoms with E-state index in [0.29, 0.717) is 11.5 Å². The highest BCUT2D eigenvalue weighted by molar-refractivity contribution is 5.92. The van der Waals surface area contributed by atoms with Crippen molar-refractivity contribution in [2.24, 2.45) is 7.05 Å². The van der Waals surface area contributed by atoms with Crippen molar-refractivity contribution in [1.29, 1.82) is 0 Å². The molecule has 3 aromatic rings. The van der Waals surface area contributed by atoms with Crippen LogP contribution in [0.3, 0.4) is 0 Å². The first-order chi connectivity index (χ1) is 12.6. The standard InChI is InChI=1S/C19H20N6O/c1-12-9-17(24-25(12)2)19(26)23-16-7-3-6-15-14(16)11-21-18(22-15)13-5-4-8-20-10-13/h4-5,8-11,16H,3,6-7H2,1-2H3,(H,23,26). The highest BCUT2D eigenvalue weighted by Crippen LogP contribution is 2.29. The van der Waals surface area contributed by atoms with E-state index in [0.717, 1.165) is 41.8 Å². The molecule has 1 aliphatic carbocycles. The van der Waals surface area contributed by atoms with Gasteiger partial charge in [0.15, 0.2) is 5.82 Å². The molecule has 0 radical (unpaired) electrons. The Morgan fingerprint density at radius 3 is 2.96 bits per heavy atom. The number of pyridine rings is 1. The molecule has 1 amide bonds. The van der Waals surface area contributed by atoms with Crippen LogP contribution in [0.15, 0.2) is 36.8 Å². The molecule has 0 spiro atoms. The Labute approximate surface area is 151 Å². The third-order valence-corrected chi connectivity index (χ3v) is 4.75. The first kappa shape index (κ1) is 16.4. The Morgan fingerprint density at radius 1 is 1.35 bits per heavy atom. The summed E-state index contributed by atoms with van der Waals surface area (Å²) in [5.41, 5.74) is 4.26. The molecule has 1 N–H and O–H groups in total. The van der Waals surface area contributed by atoms with E-state index in [1.807, 2.05) is 32.3 Å². The molecular weight excluding hydrogens is 328 g/mol. The Hall–Kier alpha value is -3.09. The predicted molar refractivity (Wildman–Crippen MR) is 96.4 cm³/mol. The molecule has 0 bridgehead atoms. The lowest BCUT2D eigenvalue weighted by Gasteiger charge is -2.25. The summed E-state index contributed by atoms with van der Waals surface area (Å²) >= 11 is 0. The summed E-state index contributed by atoms with van der Waals surface area (Å²) in [6.45, 7) is 1.92. The van der Waals surface area contributed by atoms with Crippen LogP contribution in [0.4, 0.5) is 0 Å². The molecule has 1 aliphatic rings. The highest BCUT2D eigenvalue weighted by Gasteiger charge is 2.25. The van der Waals surface area contributed by atoms with Crippen LogP contribution in [0.2, 0.25) is 0 Å². The Bertz CT molecular complexity index is 930. The van der Waals surface area contributed by atoms with Crippen LogP contribution in [-0.4, -0.2) is 30.6 Å². The number of carbonyl (C=O) groups is 1. The molecule has 0 aliphatic heterocycles. The van der Waals surface area contributed by atoms with E-state index in [2.05, 4.69) is 20.4 Å². The molecule has 3 aromatic heterocycles. The molecule has 3 heterocycles. The van der Waals surface area contributed by atoms with Crippen molar-refractivity contribution in [3.05, 3.63) is 59.4 Å². The van der Waals surface area contributed by atoms with Crippen LogP contribution < -0.4 is 5.32 Å². The van der Waals surface area contributed by atoms with E-state index in [4.69, 9.17) is 4.98 Å². The van der Waals surface area contributed by atoms with Crippen LogP contribution in [-0.2, 0) is 13.5 Å². The Balaban J connectivity index is 1.58. The van der Waals surface area contributed by atoms with Crippen molar-refractivity contribution in [2.45, 2.75) is 32.2 Å². The van der Waals surface area contributed by atoms with E-state index >= 15 is 0 Å². The molecule has 0 saturated carbocycles. The van der Waals surface area contributed by atoms with Gasteiger partial charge in [0.25, 0.3) is 5.91 Å². The molecule has 1 unspecified atom stereocenters. The van der Waals surface area contributed by atoms with Crippen molar-refractivity contribution in [2.75, 3.05) is 0 Å². The van der Waals surface area contributed by atoms with Gasteiger partial charge in [0.1, 0.15) is 5.69 Å². The van der Waals surface area contributed by atoms with E-state index in [1.165, 1.54) is 0 Å². The van der Waals surface area contributed by atoms with Crippen LogP contribution in [0.25, 0.3) is 11.4 Å². The lowest BCUT2D eigenvalue weighted by Crippen LogP contribution is -2.32. The minimum atomic E-state index is -0.164. The van der Waals surface area contributed by atoms with Crippen LogP contribution in [0.1, 0.15) is 46.3 Å². The first-order valence-electron chi connectivity index (χ1n) is 8.69. The molecule has 0 fully saturated rings. The van der Waals surface area contributed by atoms with Gasteiger partial charge in [-0.05, 0) is 44.4 Å². The lowest BCUT2D eigenvalue weighted by molar-refractivity contribution is 0.0926. The monoisotopic (exact) mass is 348 g/mol. The number of hydrogen-bond acceptors (Lipinski definition) is 5. The molecule has 4 rings (SSSR count). The van der Waals surface area contributed by atoms with E-state index in [9.17, 15) is 4.79 Å². The summed E-state index contributed by atoms with van der Waals surface area (Å²) in [7, 11) is 1.83. The number of rotatable bonds is 3. The molecule has 7 heteroatoms. The molecule has 7 nitrogen and oxygen atoms in total. The zero-order valence-electron chi connectivity index (χ0n) is 14.8. The van der Waals surface area contributed by atoms with Gasteiger partial charge < -0.3 is 5.32 Å². The summed E-state index contributed by atoms with van der Waals surface area (Å²) in [6, 6.07) is 5.52. The van der Waals surface area contributed by atoms with Crippen molar-refractivity contribution < 1.29 is 4.79 Å². The van der Waals surface area contributed by atoms with Crippen molar-refractivity contribution in [1.82, 2.24) is 30.0 Å². The quantitative estimate of drug-likeness (QED) is 0.785. The molecule has 1 atom stereocenters. The Morgan fingerprint density at radius 2 is 2.23 bits per heavy atom. The fourth-order valence-corrected chi connectivity index (χ4v) is 3.23. The zero-order valence-corrected chi connectivity index (χ0v) is 14.8. The average Bonchev–Trinajstić information content (AvgIpc) is 3.01. The summed E-state index contributed by atoms with van der Waals surface area (Å²) < 4.78 is 1.70. The maximum absolute atomic E-state index is 12.5. The second kappa shape index (κ2) is 6.67. The van der Waals surface area contributed by atoms with Gasteiger partial charge in [0.05, 0.1) is 6.04 Å². The predicted octanol–water partition coefficient (Wildman–Crippen LogP) is 2.39. The number of aromatic nitrogens is 5. The summed E-state index contributed by atoms with van der Waals surface area (Å²) in [5, 5.41) is 7.34. The second-order valence-electron chi connectivity index (χ2n) is 6.55. The van der Waals surface area contributed by atoms with Crippen LogP contribution in [0.5, 0.6) is 0 Å². The topological polar surface area (TPSA) is 85.6 Å². The summed E-state index contributed by atoms with van der Waals surface area (Å²) in [6.07, 6.45) is 8.06. The maximum Gasteiger partial charge on any atom is 0.272 e. The van der Waals surface area contributed by atoms with Crippen LogP contribution in [0, 0.1) is 6.92 Å². The van der Waals surface area contributed by atoms with Gasteiger partial charge in [0, 0.05) is 48.2 Å². The van der Waals surface area contributed by atoms with Gasteiger partial charge in [-0.2, -0.15) is 5.10 Å². The largest absolute Gasteiger partial charge is 0.344 e. The van der Waals surface area contributed by atoms with Crippen molar-refractivity contribution in [3.63, 3.8) is 0 Å². The molecular formula is C19H20N6O. The molecule has 26 heavy (non-hydrogen) atoms. The molecule has 0 aromatic carbocycles. The minimum Gasteiger partial charge on any atom is -0.344 e. The average molecular weight is 348 g/mol. The zero-order chi connectivity index (χ0) is 18.1. The van der Waals surface area contributed by atoms with Gasteiger partial charge >= 0.3 is 0 Å². The lowest BCUT2D eigenvalue weighted by atomic mass is 9.92. The summed E-state index contributed by atoms with van der Waals surface area (Å²) in [4.78, 5) is 25.9. The number of nitrogens with zero attached hydrogens (tertiary/aromatic N) is 5. The highest BCUT2D eigenvalue weighted by atomic mass is 16.2. The van der Waals surface area contributed by atoms with E-state index in [-0.39, 0.29) is 11.9 Å². The number of hydrogen-bond donors (Lipinski definition) is 1. The number of aryl methyl sites for hydroxylation is 3. The normalized spacial score (nSPS) is 16.2. The number of nitrogens with one attached hydrogen (secondary N) is 1. The third-order valence-electron chi connectivity index (χ3n) is 4.75. The van der Waals surface area contributed by atoms with E-state index in [1.54, 1.807) is 23.1 Å².